The highest BCUT2D eigenvalue weighted by Gasteiger charge is 2.11. The zero-order valence-electron chi connectivity index (χ0n) is 12.2. The molecule has 0 fully saturated rings. The number of anilines is 1. The summed E-state index contributed by atoms with van der Waals surface area (Å²) in [7, 11) is 0. The molecule has 1 N–H and O–H groups in total. The third kappa shape index (κ3) is 4.09. The minimum Gasteiger partial charge on any atom is -0.378 e. The smallest absolute Gasteiger partial charge is 0.123 e. The van der Waals surface area contributed by atoms with Crippen molar-refractivity contribution >= 4 is 5.69 Å². The zero-order chi connectivity index (χ0) is 14.4. The summed E-state index contributed by atoms with van der Waals surface area (Å²) >= 11 is 0. The second kappa shape index (κ2) is 7.09. The van der Waals surface area contributed by atoms with E-state index in [0.717, 1.165) is 30.5 Å². The number of rotatable bonds is 6. The molecule has 2 heteroatoms. The minimum absolute atomic E-state index is 0.182. The van der Waals surface area contributed by atoms with Gasteiger partial charge in [0.1, 0.15) is 5.82 Å². The predicted octanol–water partition coefficient (Wildman–Crippen LogP) is 5.48. The van der Waals surface area contributed by atoms with Gasteiger partial charge in [0.05, 0.1) is 6.04 Å². The van der Waals surface area contributed by atoms with E-state index in [2.05, 4.69) is 43.4 Å². The van der Waals surface area contributed by atoms with E-state index >= 15 is 0 Å². The maximum absolute atomic E-state index is 13.1. The van der Waals surface area contributed by atoms with Gasteiger partial charge >= 0.3 is 0 Å². The lowest BCUT2D eigenvalue weighted by Gasteiger charge is -2.20. The molecule has 2 aromatic carbocycles. The molecule has 1 nitrogen and oxygen atoms in total. The quantitative estimate of drug-likeness (QED) is 0.733. The van der Waals surface area contributed by atoms with E-state index in [-0.39, 0.29) is 11.9 Å². The molecule has 0 heterocycles. The summed E-state index contributed by atoms with van der Waals surface area (Å²) in [5, 5.41) is 3.55. The van der Waals surface area contributed by atoms with E-state index in [9.17, 15) is 4.39 Å². The Bertz CT molecular complexity index is 516. The summed E-state index contributed by atoms with van der Waals surface area (Å²) in [4.78, 5) is 0. The first-order valence-corrected chi connectivity index (χ1v) is 7.27. The molecular formula is C18H22FN. The van der Waals surface area contributed by atoms with Crippen molar-refractivity contribution in [2.24, 2.45) is 0 Å². The number of hydrogen-bond acceptors (Lipinski definition) is 1. The van der Waals surface area contributed by atoms with Gasteiger partial charge in [-0.05, 0) is 43.2 Å². The minimum atomic E-state index is -0.182. The van der Waals surface area contributed by atoms with Crippen LogP contribution in [-0.4, -0.2) is 0 Å². The standard InChI is InChI=1S/C18H22FN/c1-3-4-5-18(15-8-10-16(19)11-9-15)20-17-12-6-14(2)7-13-17/h6-13,18,20H,3-5H2,1-2H3. The van der Waals surface area contributed by atoms with E-state index in [1.54, 1.807) is 0 Å². The van der Waals surface area contributed by atoms with E-state index in [1.807, 2.05) is 12.1 Å². The van der Waals surface area contributed by atoms with Crippen molar-refractivity contribution < 1.29 is 4.39 Å². The molecule has 1 atom stereocenters. The predicted molar refractivity (Wildman–Crippen MR) is 83.5 cm³/mol. The normalized spacial score (nSPS) is 12.2. The monoisotopic (exact) mass is 271 g/mol. The second-order valence-corrected chi connectivity index (χ2v) is 5.26. The van der Waals surface area contributed by atoms with Crippen molar-refractivity contribution in [1.29, 1.82) is 0 Å². The highest BCUT2D eigenvalue weighted by Crippen LogP contribution is 2.25. The SMILES string of the molecule is CCCCC(Nc1ccc(C)cc1)c1ccc(F)cc1. The molecule has 20 heavy (non-hydrogen) atoms. The molecule has 0 aliphatic rings. The number of aryl methyl sites for hydroxylation is 1. The van der Waals surface area contributed by atoms with Crippen LogP contribution in [0, 0.1) is 12.7 Å². The highest BCUT2D eigenvalue weighted by molar-refractivity contribution is 5.46. The molecule has 0 aliphatic heterocycles. The summed E-state index contributed by atoms with van der Waals surface area (Å²) in [5.41, 5.74) is 3.50. The summed E-state index contributed by atoms with van der Waals surface area (Å²) in [6, 6.07) is 15.4. The summed E-state index contributed by atoms with van der Waals surface area (Å²) in [6.45, 7) is 4.27. The molecule has 0 saturated heterocycles. The van der Waals surface area contributed by atoms with Crippen molar-refractivity contribution in [3.8, 4) is 0 Å². The molecule has 2 rings (SSSR count). The molecule has 106 valence electrons. The molecule has 0 bridgehead atoms. The Balaban J connectivity index is 2.14. The summed E-state index contributed by atoms with van der Waals surface area (Å²) < 4.78 is 13.1. The van der Waals surface area contributed by atoms with Gasteiger partial charge in [0, 0.05) is 5.69 Å². The van der Waals surface area contributed by atoms with Gasteiger partial charge in [-0.25, -0.2) is 4.39 Å². The lowest BCUT2D eigenvalue weighted by molar-refractivity contribution is 0.616. The van der Waals surface area contributed by atoms with Gasteiger partial charge in [-0.3, -0.25) is 0 Å². The molecule has 0 amide bonds. The topological polar surface area (TPSA) is 12.0 Å². The Morgan fingerprint density at radius 3 is 2.25 bits per heavy atom. The maximum Gasteiger partial charge on any atom is 0.123 e. The molecule has 2 aromatic rings. The van der Waals surface area contributed by atoms with E-state index < -0.39 is 0 Å². The Hall–Kier alpha value is -1.83. The maximum atomic E-state index is 13.1. The molecule has 0 aliphatic carbocycles. The number of halogens is 1. The third-order valence-electron chi connectivity index (χ3n) is 3.51. The number of unbranched alkanes of at least 4 members (excludes halogenated alkanes) is 1. The number of benzene rings is 2. The Labute approximate surface area is 120 Å². The van der Waals surface area contributed by atoms with Crippen molar-refractivity contribution in [3.63, 3.8) is 0 Å². The van der Waals surface area contributed by atoms with Gasteiger partial charge in [0.2, 0.25) is 0 Å². The van der Waals surface area contributed by atoms with Gasteiger partial charge in [-0.2, -0.15) is 0 Å². The summed E-state index contributed by atoms with van der Waals surface area (Å²) in [6.07, 6.45) is 3.37. The Kier molecular flexibility index (Phi) is 5.16. The van der Waals surface area contributed by atoms with Gasteiger partial charge in [-0.1, -0.05) is 49.6 Å². The molecule has 0 spiro atoms. The van der Waals surface area contributed by atoms with Crippen LogP contribution in [0.15, 0.2) is 48.5 Å². The first kappa shape index (κ1) is 14.6. The zero-order valence-corrected chi connectivity index (χ0v) is 12.2. The van der Waals surface area contributed by atoms with Crippen LogP contribution in [0.2, 0.25) is 0 Å². The van der Waals surface area contributed by atoms with Crippen molar-refractivity contribution in [2.75, 3.05) is 5.32 Å². The Morgan fingerprint density at radius 1 is 1.00 bits per heavy atom. The fourth-order valence-corrected chi connectivity index (χ4v) is 2.28. The van der Waals surface area contributed by atoms with E-state index in [1.165, 1.54) is 17.7 Å². The lowest BCUT2D eigenvalue weighted by Crippen LogP contribution is -2.10. The first-order chi connectivity index (χ1) is 9.69. The van der Waals surface area contributed by atoms with Crippen LogP contribution < -0.4 is 5.32 Å². The van der Waals surface area contributed by atoms with Crippen molar-refractivity contribution in [1.82, 2.24) is 0 Å². The summed E-state index contributed by atoms with van der Waals surface area (Å²) in [5.74, 6) is -0.182. The molecule has 0 aromatic heterocycles. The molecule has 0 saturated carbocycles. The third-order valence-corrected chi connectivity index (χ3v) is 3.51. The molecule has 1 unspecified atom stereocenters. The van der Waals surface area contributed by atoms with Crippen LogP contribution in [0.4, 0.5) is 10.1 Å². The van der Waals surface area contributed by atoms with E-state index in [4.69, 9.17) is 0 Å². The van der Waals surface area contributed by atoms with Crippen LogP contribution in [0.5, 0.6) is 0 Å². The first-order valence-electron chi connectivity index (χ1n) is 7.27. The van der Waals surface area contributed by atoms with Gasteiger partial charge < -0.3 is 5.32 Å². The Morgan fingerprint density at radius 2 is 1.65 bits per heavy atom. The fraction of sp³-hybridized carbons (Fsp3) is 0.333. The molecular weight excluding hydrogens is 249 g/mol. The van der Waals surface area contributed by atoms with Crippen LogP contribution in [-0.2, 0) is 0 Å². The van der Waals surface area contributed by atoms with Gasteiger partial charge in [0.15, 0.2) is 0 Å². The van der Waals surface area contributed by atoms with Gasteiger partial charge in [-0.15, -0.1) is 0 Å². The molecule has 0 radical (unpaired) electrons. The second-order valence-electron chi connectivity index (χ2n) is 5.26. The number of hydrogen-bond donors (Lipinski definition) is 1. The van der Waals surface area contributed by atoms with Crippen molar-refractivity contribution in [2.45, 2.75) is 39.2 Å². The van der Waals surface area contributed by atoms with Crippen LogP contribution in [0.1, 0.15) is 43.4 Å². The van der Waals surface area contributed by atoms with Crippen LogP contribution in [0.3, 0.4) is 0 Å². The largest absolute Gasteiger partial charge is 0.378 e. The van der Waals surface area contributed by atoms with E-state index in [0.29, 0.717) is 0 Å². The lowest BCUT2D eigenvalue weighted by atomic mass is 10.0. The number of nitrogens with one attached hydrogen (secondary N) is 1. The van der Waals surface area contributed by atoms with Crippen LogP contribution >= 0.6 is 0 Å². The fourth-order valence-electron chi connectivity index (χ4n) is 2.28. The highest BCUT2D eigenvalue weighted by atomic mass is 19.1. The van der Waals surface area contributed by atoms with Gasteiger partial charge in [0.25, 0.3) is 0 Å². The average Bonchev–Trinajstić information content (AvgIpc) is 2.46. The van der Waals surface area contributed by atoms with Crippen molar-refractivity contribution in [3.05, 3.63) is 65.5 Å². The van der Waals surface area contributed by atoms with Crippen LogP contribution in [0.25, 0.3) is 0 Å². The average molecular weight is 271 g/mol.